The van der Waals surface area contributed by atoms with Gasteiger partial charge in [0.1, 0.15) is 30.1 Å². The third kappa shape index (κ3) is 3.92. The number of esters is 3. The number of furan rings is 1. The first-order chi connectivity index (χ1) is 18.4. The Kier molecular flexibility index (Phi) is 7.02. The molecular weight excluding hydrogens is 524 g/mol. The molecular formula is C29H36O9S. The van der Waals surface area contributed by atoms with Crippen LogP contribution in [0.1, 0.15) is 86.8 Å². The maximum atomic E-state index is 14.3. The van der Waals surface area contributed by atoms with Crippen molar-refractivity contribution in [3.05, 3.63) is 34.3 Å². The van der Waals surface area contributed by atoms with Crippen LogP contribution in [0, 0.1) is 10.8 Å². The molecule has 3 aliphatic carbocycles. The number of cyclic esters (lactones) is 1. The summed E-state index contributed by atoms with van der Waals surface area (Å²) < 4.78 is 28.7. The van der Waals surface area contributed by atoms with Crippen molar-refractivity contribution in [2.24, 2.45) is 10.8 Å². The smallest absolute Gasteiger partial charge is 0.342 e. The molecule has 1 aliphatic heterocycles. The lowest BCUT2D eigenvalue weighted by molar-refractivity contribution is -0.160. The van der Waals surface area contributed by atoms with Gasteiger partial charge in [-0.2, -0.15) is 0 Å². The minimum absolute atomic E-state index is 0.142. The zero-order valence-electron chi connectivity index (χ0n) is 23.3. The second-order valence-corrected chi connectivity index (χ2v) is 12.7. The highest BCUT2D eigenvalue weighted by atomic mass is 32.2. The van der Waals surface area contributed by atoms with E-state index in [4.69, 9.17) is 23.4 Å². The molecule has 0 unspecified atom stereocenters. The van der Waals surface area contributed by atoms with Crippen LogP contribution >= 0.6 is 11.8 Å². The van der Waals surface area contributed by atoms with Crippen LogP contribution < -0.4 is 0 Å². The summed E-state index contributed by atoms with van der Waals surface area (Å²) in [5, 5.41) is 0. The average molecular weight is 561 g/mol. The van der Waals surface area contributed by atoms with Gasteiger partial charge < -0.3 is 23.4 Å². The number of hydrogen-bond acceptors (Lipinski definition) is 10. The van der Waals surface area contributed by atoms with Crippen molar-refractivity contribution >= 4 is 35.5 Å². The Bertz CT molecular complexity index is 1260. The highest BCUT2D eigenvalue weighted by Crippen LogP contribution is 2.68. The second-order valence-electron chi connectivity index (χ2n) is 11.6. The van der Waals surface area contributed by atoms with E-state index in [-0.39, 0.29) is 28.8 Å². The first-order valence-corrected chi connectivity index (χ1v) is 14.7. The zero-order valence-corrected chi connectivity index (χ0v) is 24.2. The largest absolute Gasteiger partial charge is 0.461 e. The van der Waals surface area contributed by atoms with Gasteiger partial charge in [-0.15, -0.1) is 11.8 Å². The van der Waals surface area contributed by atoms with Crippen LogP contribution in [0.2, 0.25) is 0 Å². The maximum absolute atomic E-state index is 14.3. The predicted octanol–water partition coefficient (Wildman–Crippen LogP) is 4.41. The number of carbonyl (C=O) groups is 4. The van der Waals surface area contributed by atoms with E-state index in [9.17, 15) is 19.2 Å². The SMILES string of the molecule is CC[C@H]1OC(=O)c2coc3c2[C@@]1(C)C1=C(C3=O)[C@]2(C)CC[C@H](OC(=O)CSCCOC)[C@@]2(C)C[C@H]1OC(C)=O. The summed E-state index contributed by atoms with van der Waals surface area (Å²) in [7, 11) is 1.62. The standard InChI is InChI=1S/C29H36O9S/c1-7-18-29(5)21-16(26(33)38-18)13-35-25(21)24(32)23-22(29)17(36-15(2)30)12-28(4)19(8-9-27(23,28)3)37-20(31)14-39-11-10-34-6/h13,17-19H,7-12,14H2,1-6H3/t17-,18-,19+,27+,28-,29+/m1/s1. The number of methoxy groups -OCH3 is 1. The lowest BCUT2D eigenvalue weighted by Gasteiger charge is -2.56. The summed E-state index contributed by atoms with van der Waals surface area (Å²) in [5.74, 6) is -0.597. The number of fused-ring (bicyclic) bond motifs is 3. The summed E-state index contributed by atoms with van der Waals surface area (Å²) in [5.41, 5.74) is -0.334. The molecule has 9 nitrogen and oxygen atoms in total. The highest BCUT2D eigenvalue weighted by molar-refractivity contribution is 7.99. The van der Waals surface area contributed by atoms with E-state index >= 15 is 0 Å². The Morgan fingerprint density at radius 3 is 2.59 bits per heavy atom. The van der Waals surface area contributed by atoms with E-state index in [1.807, 2.05) is 27.7 Å². The molecule has 1 saturated carbocycles. The number of rotatable bonds is 8. The average Bonchev–Trinajstić information content (AvgIpc) is 3.43. The number of Topliss-reactive ketones (excluding diaryl/α,β-unsaturated/α-hetero) is 1. The van der Waals surface area contributed by atoms with Gasteiger partial charge in [0.05, 0.1) is 17.8 Å². The number of thioether (sulfide) groups is 1. The molecule has 0 spiro atoms. The van der Waals surface area contributed by atoms with Gasteiger partial charge in [0.25, 0.3) is 0 Å². The van der Waals surface area contributed by atoms with Gasteiger partial charge in [0.2, 0.25) is 5.78 Å². The molecule has 0 saturated heterocycles. The van der Waals surface area contributed by atoms with Gasteiger partial charge in [-0.1, -0.05) is 20.8 Å². The summed E-state index contributed by atoms with van der Waals surface area (Å²) in [4.78, 5) is 52.3. The highest BCUT2D eigenvalue weighted by Gasteiger charge is 2.69. The molecule has 39 heavy (non-hydrogen) atoms. The normalized spacial score (nSPS) is 34.7. The van der Waals surface area contributed by atoms with Gasteiger partial charge in [-0.3, -0.25) is 14.4 Å². The maximum Gasteiger partial charge on any atom is 0.342 e. The molecule has 1 aromatic heterocycles. The predicted molar refractivity (Wildman–Crippen MR) is 142 cm³/mol. The van der Waals surface area contributed by atoms with Crippen LogP contribution in [-0.4, -0.2) is 67.2 Å². The fourth-order valence-electron chi connectivity index (χ4n) is 7.61. The summed E-state index contributed by atoms with van der Waals surface area (Å²) >= 11 is 1.44. The van der Waals surface area contributed by atoms with Crippen LogP contribution in [0.15, 0.2) is 21.8 Å². The molecule has 10 heteroatoms. The lowest BCUT2D eigenvalue weighted by atomic mass is 9.48. The zero-order chi connectivity index (χ0) is 28.3. The molecule has 0 radical (unpaired) electrons. The van der Waals surface area contributed by atoms with Crippen LogP contribution in [0.3, 0.4) is 0 Å². The molecule has 1 fully saturated rings. The molecule has 0 N–H and O–H groups in total. The van der Waals surface area contributed by atoms with Crippen molar-refractivity contribution in [1.29, 1.82) is 0 Å². The van der Waals surface area contributed by atoms with Crippen LogP contribution in [0.25, 0.3) is 0 Å². The third-order valence-electron chi connectivity index (χ3n) is 9.65. The molecule has 0 aromatic carbocycles. The van der Waals surface area contributed by atoms with Crippen molar-refractivity contribution in [2.45, 2.75) is 84.0 Å². The van der Waals surface area contributed by atoms with Crippen LogP contribution in [0.4, 0.5) is 0 Å². The number of hydrogen-bond donors (Lipinski definition) is 0. The lowest BCUT2D eigenvalue weighted by Crippen LogP contribution is -2.59. The van der Waals surface area contributed by atoms with Gasteiger partial charge in [-0.05, 0) is 38.2 Å². The minimum atomic E-state index is -0.916. The molecule has 0 amide bonds. The van der Waals surface area contributed by atoms with E-state index in [0.29, 0.717) is 54.8 Å². The first-order valence-electron chi connectivity index (χ1n) is 13.5. The van der Waals surface area contributed by atoms with Gasteiger partial charge in [-0.25, -0.2) is 4.79 Å². The molecule has 212 valence electrons. The van der Waals surface area contributed by atoms with E-state index < -0.39 is 46.5 Å². The molecule has 4 aliphatic rings. The van der Waals surface area contributed by atoms with E-state index in [2.05, 4.69) is 0 Å². The summed E-state index contributed by atoms with van der Waals surface area (Å²) in [6.45, 7) is 9.84. The molecule has 6 atom stereocenters. The van der Waals surface area contributed by atoms with Crippen LogP contribution in [0.5, 0.6) is 0 Å². The third-order valence-corrected chi connectivity index (χ3v) is 10.5. The number of ether oxygens (including phenoxy) is 4. The summed E-state index contributed by atoms with van der Waals surface area (Å²) in [6.07, 6.45) is 1.54. The Morgan fingerprint density at radius 2 is 1.92 bits per heavy atom. The van der Waals surface area contributed by atoms with Gasteiger partial charge in [0, 0.05) is 41.8 Å². The van der Waals surface area contributed by atoms with E-state index in [0.717, 1.165) is 0 Å². The van der Waals surface area contributed by atoms with Crippen molar-refractivity contribution in [3.63, 3.8) is 0 Å². The monoisotopic (exact) mass is 560 g/mol. The Balaban J connectivity index is 1.62. The Labute approximate surface area is 232 Å². The van der Waals surface area contributed by atoms with Crippen molar-refractivity contribution in [1.82, 2.24) is 0 Å². The number of carbonyl (C=O) groups excluding carboxylic acids is 4. The first kappa shape index (κ1) is 28.0. The van der Waals surface area contributed by atoms with Crippen LogP contribution in [-0.2, 0) is 34.0 Å². The Morgan fingerprint density at radius 1 is 1.18 bits per heavy atom. The van der Waals surface area contributed by atoms with Gasteiger partial charge >= 0.3 is 17.9 Å². The van der Waals surface area contributed by atoms with Crippen molar-refractivity contribution in [3.8, 4) is 0 Å². The summed E-state index contributed by atoms with van der Waals surface area (Å²) in [6, 6.07) is 0. The number of allylic oxidation sites excluding steroid dienone is 1. The van der Waals surface area contributed by atoms with Crippen molar-refractivity contribution in [2.75, 3.05) is 25.2 Å². The molecule has 0 bridgehead atoms. The second kappa shape index (κ2) is 9.80. The Hall–Kier alpha value is -2.59. The molecule has 5 rings (SSSR count). The molecule has 1 aromatic rings. The van der Waals surface area contributed by atoms with Crippen molar-refractivity contribution < 1.29 is 42.5 Å². The molecule has 2 heterocycles. The fourth-order valence-corrected chi connectivity index (χ4v) is 8.28. The number of ketones is 1. The quantitative estimate of drug-likeness (QED) is 0.257. The topological polar surface area (TPSA) is 118 Å². The van der Waals surface area contributed by atoms with E-state index in [1.165, 1.54) is 24.9 Å². The minimum Gasteiger partial charge on any atom is -0.461 e. The fraction of sp³-hybridized carbons (Fsp3) is 0.655. The van der Waals surface area contributed by atoms with Gasteiger partial charge in [0.15, 0.2) is 5.76 Å². The van der Waals surface area contributed by atoms with E-state index in [1.54, 1.807) is 7.11 Å².